The van der Waals surface area contributed by atoms with Crippen LogP contribution in [0.2, 0.25) is 0 Å². The number of nitrogens with one attached hydrogen (secondary N) is 1. The maximum absolute atomic E-state index is 12.4. The van der Waals surface area contributed by atoms with E-state index in [1.807, 2.05) is 0 Å². The van der Waals surface area contributed by atoms with E-state index in [0.29, 0.717) is 5.56 Å². The molecule has 0 aliphatic rings. The third-order valence-electron chi connectivity index (χ3n) is 2.93. The monoisotopic (exact) mass is 398 g/mol. The quantitative estimate of drug-likeness (QED) is 0.570. The molecule has 0 unspecified atom stereocenters. The maximum atomic E-state index is 12.4. The van der Waals surface area contributed by atoms with E-state index in [1.165, 1.54) is 0 Å². The summed E-state index contributed by atoms with van der Waals surface area (Å²) in [6.07, 6.45) is -9.37. The molecule has 0 aliphatic carbocycles. The highest BCUT2D eigenvalue weighted by molar-refractivity contribution is 7.71. The predicted molar refractivity (Wildman–Crippen MR) is 81.8 cm³/mol. The average molecular weight is 398 g/mol. The summed E-state index contributed by atoms with van der Waals surface area (Å²) in [6.45, 7) is -3.32. The van der Waals surface area contributed by atoms with Crippen LogP contribution in [0.25, 0.3) is 0 Å². The van der Waals surface area contributed by atoms with Crippen molar-refractivity contribution in [3.05, 3.63) is 46.2 Å². The largest absolute Gasteiger partial charge is 0.469 e. The molecule has 2 aromatic rings. The summed E-state index contributed by atoms with van der Waals surface area (Å²) < 4.78 is 83.6. The minimum Gasteiger partial charge on any atom is -0.469 e. The van der Waals surface area contributed by atoms with E-state index in [1.54, 1.807) is 30.3 Å². The van der Waals surface area contributed by atoms with Crippen LogP contribution in [0.5, 0.6) is 11.8 Å². The van der Waals surface area contributed by atoms with Gasteiger partial charge in [-0.15, -0.1) is 0 Å². The number of benzene rings is 1. The first-order valence-electron chi connectivity index (χ1n) is 7.10. The van der Waals surface area contributed by atoms with Gasteiger partial charge in [0.15, 0.2) is 13.2 Å². The number of aromatic amines is 1. The van der Waals surface area contributed by atoms with Gasteiger partial charge >= 0.3 is 12.4 Å². The molecular formula is C15H12F6N2O2S. The minimum absolute atomic E-state index is 0.0691. The number of halogens is 6. The molecule has 1 heterocycles. The van der Waals surface area contributed by atoms with Gasteiger partial charge in [-0.25, -0.2) is 0 Å². The van der Waals surface area contributed by atoms with Crippen molar-refractivity contribution in [1.29, 1.82) is 0 Å². The molecule has 0 saturated carbocycles. The topological polar surface area (TPSA) is 47.1 Å². The summed E-state index contributed by atoms with van der Waals surface area (Å²) in [5.74, 6) is -0.976. The Kier molecular flexibility index (Phi) is 6.11. The SMILES string of the molecule is FC(F)(F)COc1nc(=S)[nH]c(OCC(F)(F)F)c1Cc1ccccc1. The Hall–Kier alpha value is -2.30. The summed E-state index contributed by atoms with van der Waals surface area (Å²) in [6, 6.07) is 8.33. The van der Waals surface area contributed by atoms with E-state index in [9.17, 15) is 26.3 Å². The number of H-pyrrole nitrogens is 1. The number of alkyl halides is 6. The summed E-state index contributed by atoms with van der Waals surface area (Å²) in [5.41, 5.74) is 0.506. The summed E-state index contributed by atoms with van der Waals surface area (Å²) in [7, 11) is 0. The van der Waals surface area contributed by atoms with Crippen molar-refractivity contribution < 1.29 is 35.8 Å². The van der Waals surface area contributed by atoms with Crippen LogP contribution in [0.1, 0.15) is 11.1 Å². The molecule has 0 fully saturated rings. The molecule has 0 bridgehead atoms. The molecule has 142 valence electrons. The highest BCUT2D eigenvalue weighted by atomic mass is 32.1. The molecule has 1 aromatic carbocycles. The van der Waals surface area contributed by atoms with Crippen LogP contribution in [0, 0.1) is 4.77 Å². The molecule has 0 aliphatic heterocycles. The van der Waals surface area contributed by atoms with Crippen molar-refractivity contribution in [2.75, 3.05) is 13.2 Å². The highest BCUT2D eigenvalue weighted by Gasteiger charge is 2.31. The lowest BCUT2D eigenvalue weighted by Gasteiger charge is -2.17. The fraction of sp³-hybridized carbons (Fsp3) is 0.333. The van der Waals surface area contributed by atoms with Crippen LogP contribution >= 0.6 is 12.2 Å². The number of ether oxygens (including phenoxy) is 2. The zero-order valence-electron chi connectivity index (χ0n) is 12.9. The molecule has 2 rings (SSSR count). The van der Waals surface area contributed by atoms with Crippen LogP contribution < -0.4 is 9.47 Å². The molecule has 0 spiro atoms. The lowest BCUT2D eigenvalue weighted by atomic mass is 10.1. The zero-order valence-corrected chi connectivity index (χ0v) is 13.8. The van der Waals surface area contributed by atoms with Gasteiger partial charge in [-0.2, -0.15) is 31.3 Å². The zero-order chi connectivity index (χ0) is 19.4. The standard InChI is InChI=1S/C15H12F6N2O2S/c16-14(17,18)7-24-11-10(6-9-4-2-1-3-5-9)12(23-13(26)22-11)25-8-15(19,20)21/h1-5H,6-8H2,(H,22,23,26). The van der Waals surface area contributed by atoms with Crippen LogP contribution in [-0.4, -0.2) is 35.5 Å². The van der Waals surface area contributed by atoms with Gasteiger partial charge in [0.1, 0.15) is 0 Å². The van der Waals surface area contributed by atoms with Gasteiger partial charge in [0.2, 0.25) is 16.5 Å². The fourth-order valence-electron chi connectivity index (χ4n) is 1.96. The van der Waals surface area contributed by atoms with Crippen molar-refractivity contribution in [3.63, 3.8) is 0 Å². The Morgan fingerprint density at radius 3 is 2.08 bits per heavy atom. The summed E-state index contributed by atoms with van der Waals surface area (Å²) in [4.78, 5) is 5.98. The van der Waals surface area contributed by atoms with E-state index in [2.05, 4.69) is 19.4 Å². The van der Waals surface area contributed by atoms with Gasteiger partial charge in [0.05, 0.1) is 5.56 Å². The first-order valence-corrected chi connectivity index (χ1v) is 7.50. The highest BCUT2D eigenvalue weighted by Crippen LogP contribution is 2.30. The minimum atomic E-state index is -4.65. The Labute approximate surface area is 148 Å². The van der Waals surface area contributed by atoms with Crippen molar-refractivity contribution in [2.45, 2.75) is 18.8 Å². The van der Waals surface area contributed by atoms with Crippen LogP contribution in [-0.2, 0) is 6.42 Å². The molecule has 0 radical (unpaired) electrons. The number of hydrogen-bond donors (Lipinski definition) is 1. The Morgan fingerprint density at radius 2 is 1.50 bits per heavy atom. The second-order valence-electron chi connectivity index (χ2n) is 5.12. The second kappa shape index (κ2) is 7.94. The van der Waals surface area contributed by atoms with E-state index in [4.69, 9.17) is 12.2 Å². The fourth-order valence-corrected chi connectivity index (χ4v) is 2.14. The number of nitrogens with zero attached hydrogens (tertiary/aromatic N) is 1. The van der Waals surface area contributed by atoms with Gasteiger partial charge in [0, 0.05) is 6.42 Å². The third kappa shape index (κ3) is 6.54. The molecule has 0 atom stereocenters. The molecule has 11 heteroatoms. The molecule has 1 N–H and O–H groups in total. The van der Waals surface area contributed by atoms with Crippen molar-refractivity contribution in [1.82, 2.24) is 9.97 Å². The van der Waals surface area contributed by atoms with Crippen LogP contribution in [0.15, 0.2) is 30.3 Å². The molecule has 0 saturated heterocycles. The van der Waals surface area contributed by atoms with E-state index >= 15 is 0 Å². The van der Waals surface area contributed by atoms with Crippen LogP contribution in [0.4, 0.5) is 26.3 Å². The van der Waals surface area contributed by atoms with Gasteiger partial charge < -0.3 is 14.5 Å². The number of aromatic nitrogens is 2. The van der Waals surface area contributed by atoms with Crippen molar-refractivity contribution >= 4 is 12.2 Å². The first kappa shape index (κ1) is 20.0. The summed E-state index contributed by atoms with van der Waals surface area (Å²) in [5, 5.41) is 0. The van der Waals surface area contributed by atoms with Gasteiger partial charge in [0.25, 0.3) is 0 Å². The van der Waals surface area contributed by atoms with Crippen molar-refractivity contribution in [2.24, 2.45) is 0 Å². The average Bonchev–Trinajstić information content (AvgIpc) is 2.52. The second-order valence-corrected chi connectivity index (χ2v) is 5.51. The smallest absolute Gasteiger partial charge is 0.422 e. The van der Waals surface area contributed by atoms with Gasteiger partial charge in [-0.1, -0.05) is 30.3 Å². The van der Waals surface area contributed by atoms with E-state index < -0.39 is 37.3 Å². The Bertz CT molecular complexity index is 747. The number of rotatable bonds is 6. The Balaban J connectivity index is 2.40. The molecule has 26 heavy (non-hydrogen) atoms. The first-order chi connectivity index (χ1) is 12.0. The normalized spacial score (nSPS) is 12.1. The lowest BCUT2D eigenvalue weighted by Crippen LogP contribution is -2.22. The van der Waals surface area contributed by atoms with Crippen molar-refractivity contribution in [3.8, 4) is 11.8 Å². The predicted octanol–water partition coefficient (Wildman–Crippen LogP) is 4.61. The van der Waals surface area contributed by atoms with Crippen LogP contribution in [0.3, 0.4) is 0 Å². The maximum Gasteiger partial charge on any atom is 0.422 e. The van der Waals surface area contributed by atoms with Gasteiger partial charge in [-0.3, -0.25) is 0 Å². The molecule has 0 amide bonds. The Morgan fingerprint density at radius 1 is 0.923 bits per heavy atom. The van der Waals surface area contributed by atoms with Gasteiger partial charge in [-0.05, 0) is 17.8 Å². The molecular weight excluding hydrogens is 386 g/mol. The molecule has 1 aromatic heterocycles. The number of hydrogen-bond acceptors (Lipinski definition) is 4. The lowest BCUT2D eigenvalue weighted by molar-refractivity contribution is -0.154. The third-order valence-corrected chi connectivity index (χ3v) is 3.13. The molecule has 4 nitrogen and oxygen atoms in total. The summed E-state index contributed by atoms with van der Waals surface area (Å²) >= 11 is 4.74. The van der Waals surface area contributed by atoms with E-state index in [0.717, 1.165) is 0 Å². The van der Waals surface area contributed by atoms with E-state index in [-0.39, 0.29) is 16.8 Å².